The lowest BCUT2D eigenvalue weighted by atomic mass is 10.1. The number of nitrogens with zero attached hydrogens (tertiary/aromatic N) is 2. The standard InChI is InChI=1S/C29H43N3O4S/c1-8-23(5)30-29(34)26(9-2)31(20-25-15-10-13-21(3)19-25)28(33)17-12-18-32(37(7,35)36)27-16-11-14-22(4)24(27)6/h10-11,13-16,19,23,26H,8-9,12,17-18,20H2,1-7H3,(H,30,34)/t23-,26+/m0/s1. The Morgan fingerprint density at radius 1 is 1.00 bits per heavy atom. The third-order valence-corrected chi connectivity index (χ3v) is 8.00. The summed E-state index contributed by atoms with van der Waals surface area (Å²) in [6, 6.07) is 12.9. The van der Waals surface area contributed by atoms with Gasteiger partial charge in [0.25, 0.3) is 0 Å². The number of amides is 2. The van der Waals surface area contributed by atoms with Crippen LogP contribution in [0.5, 0.6) is 0 Å². The molecule has 2 aromatic carbocycles. The van der Waals surface area contributed by atoms with Crippen LogP contribution in [-0.4, -0.2) is 50.0 Å². The summed E-state index contributed by atoms with van der Waals surface area (Å²) in [5.41, 5.74) is 4.57. The number of carbonyl (C=O) groups excluding carboxylic acids is 2. The van der Waals surface area contributed by atoms with E-state index in [-0.39, 0.29) is 30.8 Å². The SMILES string of the molecule is CC[C@H](C(=O)N[C@@H](C)CC)N(Cc1cccc(C)c1)C(=O)CCCN(c1cccc(C)c1C)S(C)(=O)=O. The second-order valence-corrected chi connectivity index (χ2v) is 11.8. The van der Waals surface area contributed by atoms with Crippen molar-refractivity contribution in [1.82, 2.24) is 10.2 Å². The fourth-order valence-electron chi connectivity index (χ4n) is 4.36. The van der Waals surface area contributed by atoms with Crippen LogP contribution in [0, 0.1) is 20.8 Å². The molecule has 0 spiro atoms. The maximum absolute atomic E-state index is 13.6. The molecule has 8 heteroatoms. The molecular formula is C29H43N3O4S. The maximum Gasteiger partial charge on any atom is 0.243 e. The number of hydrogen-bond donors (Lipinski definition) is 1. The van der Waals surface area contributed by atoms with Crippen molar-refractivity contribution >= 4 is 27.5 Å². The first kappa shape index (κ1) is 30.4. The molecule has 7 nitrogen and oxygen atoms in total. The highest BCUT2D eigenvalue weighted by molar-refractivity contribution is 7.92. The Bertz CT molecular complexity index is 1180. The summed E-state index contributed by atoms with van der Waals surface area (Å²) in [6.07, 6.45) is 2.95. The molecule has 2 amide bonds. The molecule has 2 rings (SSSR count). The number of nitrogens with one attached hydrogen (secondary N) is 1. The quantitative estimate of drug-likeness (QED) is 0.401. The second-order valence-electron chi connectivity index (χ2n) is 9.91. The Labute approximate surface area is 223 Å². The molecule has 0 radical (unpaired) electrons. The highest BCUT2D eigenvalue weighted by Crippen LogP contribution is 2.25. The van der Waals surface area contributed by atoms with Gasteiger partial charge in [-0.3, -0.25) is 13.9 Å². The van der Waals surface area contributed by atoms with Gasteiger partial charge in [0.1, 0.15) is 6.04 Å². The van der Waals surface area contributed by atoms with Crippen LogP contribution < -0.4 is 9.62 Å². The Kier molecular flexibility index (Phi) is 11.2. The molecule has 0 aliphatic rings. The summed E-state index contributed by atoms with van der Waals surface area (Å²) in [5, 5.41) is 3.02. The average Bonchev–Trinajstić information content (AvgIpc) is 2.82. The van der Waals surface area contributed by atoms with Crippen LogP contribution in [-0.2, 0) is 26.2 Å². The third kappa shape index (κ3) is 8.59. The van der Waals surface area contributed by atoms with Gasteiger partial charge in [-0.15, -0.1) is 0 Å². The molecule has 0 bridgehead atoms. The number of hydrogen-bond acceptors (Lipinski definition) is 4. The normalized spacial score (nSPS) is 13.1. The van der Waals surface area contributed by atoms with Crippen LogP contribution in [0.15, 0.2) is 42.5 Å². The predicted octanol–water partition coefficient (Wildman–Crippen LogP) is 4.88. The number of rotatable bonds is 13. The van der Waals surface area contributed by atoms with Crippen LogP contribution in [0.25, 0.3) is 0 Å². The van der Waals surface area contributed by atoms with Crippen molar-refractivity contribution in [3.05, 3.63) is 64.7 Å². The Morgan fingerprint density at radius 2 is 1.68 bits per heavy atom. The van der Waals surface area contributed by atoms with Crippen molar-refractivity contribution in [2.24, 2.45) is 0 Å². The van der Waals surface area contributed by atoms with Crippen molar-refractivity contribution in [3.8, 4) is 0 Å². The minimum absolute atomic E-state index is 0.0124. The summed E-state index contributed by atoms with van der Waals surface area (Å²) in [4.78, 5) is 28.3. The highest BCUT2D eigenvalue weighted by atomic mass is 32.2. The van der Waals surface area contributed by atoms with Gasteiger partial charge in [-0.25, -0.2) is 8.42 Å². The van der Waals surface area contributed by atoms with Crippen LogP contribution in [0.4, 0.5) is 5.69 Å². The fourth-order valence-corrected chi connectivity index (χ4v) is 5.37. The summed E-state index contributed by atoms with van der Waals surface area (Å²) >= 11 is 0. The monoisotopic (exact) mass is 529 g/mol. The molecule has 37 heavy (non-hydrogen) atoms. The molecule has 2 aromatic rings. The van der Waals surface area contributed by atoms with E-state index in [1.54, 1.807) is 11.0 Å². The first-order valence-electron chi connectivity index (χ1n) is 13.1. The lowest BCUT2D eigenvalue weighted by Gasteiger charge is -2.32. The van der Waals surface area contributed by atoms with Crippen molar-refractivity contribution in [2.45, 2.75) is 85.9 Å². The van der Waals surface area contributed by atoms with Gasteiger partial charge in [0.05, 0.1) is 11.9 Å². The van der Waals surface area contributed by atoms with Gasteiger partial charge >= 0.3 is 0 Å². The number of aryl methyl sites for hydroxylation is 2. The molecule has 204 valence electrons. The Morgan fingerprint density at radius 3 is 2.27 bits per heavy atom. The zero-order chi connectivity index (χ0) is 27.8. The molecule has 2 atom stereocenters. The summed E-state index contributed by atoms with van der Waals surface area (Å²) < 4.78 is 26.6. The zero-order valence-electron chi connectivity index (χ0n) is 23.4. The minimum atomic E-state index is -3.54. The van der Waals surface area contributed by atoms with Crippen molar-refractivity contribution < 1.29 is 18.0 Å². The van der Waals surface area contributed by atoms with Gasteiger partial charge in [-0.2, -0.15) is 0 Å². The van der Waals surface area contributed by atoms with E-state index in [4.69, 9.17) is 0 Å². The fraction of sp³-hybridized carbons (Fsp3) is 0.517. The zero-order valence-corrected chi connectivity index (χ0v) is 24.2. The predicted molar refractivity (Wildman–Crippen MR) is 151 cm³/mol. The maximum atomic E-state index is 13.6. The molecular weight excluding hydrogens is 486 g/mol. The van der Waals surface area contributed by atoms with Gasteiger partial charge < -0.3 is 10.2 Å². The van der Waals surface area contributed by atoms with Gasteiger partial charge in [0.15, 0.2) is 0 Å². The molecule has 0 unspecified atom stereocenters. The van der Waals surface area contributed by atoms with E-state index in [1.165, 1.54) is 10.6 Å². The largest absolute Gasteiger partial charge is 0.352 e. The Hall–Kier alpha value is -2.87. The van der Waals surface area contributed by atoms with Crippen molar-refractivity contribution in [1.29, 1.82) is 0 Å². The molecule has 1 N–H and O–H groups in total. The number of anilines is 1. The van der Waals surface area contributed by atoms with E-state index in [0.29, 0.717) is 25.1 Å². The van der Waals surface area contributed by atoms with E-state index in [0.717, 1.165) is 28.7 Å². The molecule has 0 fully saturated rings. The van der Waals surface area contributed by atoms with Crippen LogP contribution in [0.3, 0.4) is 0 Å². The van der Waals surface area contributed by atoms with Gasteiger partial charge in [-0.1, -0.05) is 55.8 Å². The van der Waals surface area contributed by atoms with Crippen LogP contribution >= 0.6 is 0 Å². The molecule has 0 saturated heterocycles. The summed E-state index contributed by atoms with van der Waals surface area (Å²) in [7, 11) is -3.54. The summed E-state index contributed by atoms with van der Waals surface area (Å²) in [5.74, 6) is -0.326. The average molecular weight is 530 g/mol. The van der Waals surface area contributed by atoms with Gasteiger partial charge in [-0.05, 0) is 69.7 Å². The van der Waals surface area contributed by atoms with Gasteiger partial charge in [0.2, 0.25) is 21.8 Å². The van der Waals surface area contributed by atoms with Crippen molar-refractivity contribution in [3.63, 3.8) is 0 Å². The lowest BCUT2D eigenvalue weighted by Crippen LogP contribution is -2.50. The topological polar surface area (TPSA) is 86.8 Å². The first-order valence-corrected chi connectivity index (χ1v) is 14.9. The summed E-state index contributed by atoms with van der Waals surface area (Å²) in [6.45, 7) is 12.2. The number of benzene rings is 2. The van der Waals surface area contributed by atoms with E-state index in [2.05, 4.69) is 5.32 Å². The third-order valence-electron chi connectivity index (χ3n) is 6.82. The molecule has 0 aliphatic carbocycles. The second kappa shape index (κ2) is 13.6. The minimum Gasteiger partial charge on any atom is -0.352 e. The smallest absolute Gasteiger partial charge is 0.243 e. The number of carbonyl (C=O) groups is 2. The van der Waals surface area contributed by atoms with E-state index >= 15 is 0 Å². The van der Waals surface area contributed by atoms with Crippen molar-refractivity contribution in [2.75, 3.05) is 17.1 Å². The van der Waals surface area contributed by atoms with Gasteiger partial charge in [0, 0.05) is 25.6 Å². The van der Waals surface area contributed by atoms with Crippen LogP contribution in [0.2, 0.25) is 0 Å². The molecule has 0 heterocycles. The highest BCUT2D eigenvalue weighted by Gasteiger charge is 2.29. The molecule has 0 aliphatic heterocycles. The first-order chi connectivity index (χ1) is 17.4. The van der Waals surface area contributed by atoms with E-state index < -0.39 is 16.1 Å². The molecule has 0 aromatic heterocycles. The number of sulfonamides is 1. The molecule has 0 saturated carbocycles. The van der Waals surface area contributed by atoms with Crippen LogP contribution in [0.1, 0.15) is 68.7 Å². The van der Waals surface area contributed by atoms with E-state index in [1.807, 2.05) is 77.9 Å². The van der Waals surface area contributed by atoms with E-state index in [9.17, 15) is 18.0 Å². The Balaban J connectivity index is 2.26. The lowest BCUT2D eigenvalue weighted by molar-refractivity contribution is -0.141.